The fourth-order valence-electron chi connectivity index (χ4n) is 2.18. The Balaban J connectivity index is 1.76. The Bertz CT molecular complexity index is 962. The number of aryl methyl sites for hydroxylation is 2. The molecule has 25 heavy (non-hydrogen) atoms. The third-order valence-electron chi connectivity index (χ3n) is 3.51. The lowest BCUT2D eigenvalue weighted by molar-refractivity contribution is 0.680. The van der Waals surface area contributed by atoms with E-state index in [0.29, 0.717) is 17.3 Å². The van der Waals surface area contributed by atoms with Crippen LogP contribution >= 0.6 is 11.6 Å². The van der Waals surface area contributed by atoms with E-state index in [1.807, 2.05) is 37.3 Å². The Morgan fingerprint density at radius 2 is 2.00 bits per heavy atom. The molecular weight excluding hydrogens is 342 g/mol. The number of halogens is 1. The van der Waals surface area contributed by atoms with Gasteiger partial charge >= 0.3 is 0 Å². The molecule has 2 heterocycles. The van der Waals surface area contributed by atoms with Gasteiger partial charge < -0.3 is 0 Å². The molecule has 0 fully saturated rings. The third-order valence-corrected chi connectivity index (χ3v) is 3.91. The molecule has 0 atom stereocenters. The highest BCUT2D eigenvalue weighted by molar-refractivity contribution is 6.32. The number of anilines is 1. The van der Waals surface area contributed by atoms with Gasteiger partial charge in [-0.1, -0.05) is 41.9 Å². The number of hydrogen-bond donors (Lipinski definition) is 2. The maximum atomic E-state index is 11.5. The largest absolute Gasteiger partial charge is 0.288 e. The van der Waals surface area contributed by atoms with Gasteiger partial charge in [0.25, 0.3) is 5.56 Å². The first-order valence-corrected chi connectivity index (χ1v) is 7.92. The molecule has 0 saturated heterocycles. The minimum Gasteiger partial charge on any atom is -0.288 e. The average Bonchev–Trinajstić information content (AvgIpc) is 2.86. The van der Waals surface area contributed by atoms with E-state index < -0.39 is 0 Å². The van der Waals surface area contributed by atoms with Crippen LogP contribution in [0.15, 0.2) is 40.2 Å². The number of benzene rings is 1. The van der Waals surface area contributed by atoms with Gasteiger partial charge in [-0.25, -0.2) is 10.1 Å². The zero-order valence-electron chi connectivity index (χ0n) is 13.7. The molecule has 0 aliphatic heterocycles. The van der Waals surface area contributed by atoms with Crippen LogP contribution in [0.1, 0.15) is 22.5 Å². The van der Waals surface area contributed by atoms with Gasteiger partial charge in [-0.15, -0.1) is 10.2 Å². The van der Waals surface area contributed by atoms with Crippen molar-refractivity contribution in [2.45, 2.75) is 20.4 Å². The van der Waals surface area contributed by atoms with Gasteiger partial charge in [-0.2, -0.15) is 10.2 Å². The van der Waals surface area contributed by atoms with Crippen LogP contribution in [-0.2, 0) is 6.54 Å². The van der Waals surface area contributed by atoms with E-state index in [0.717, 1.165) is 11.3 Å². The summed E-state index contributed by atoms with van der Waals surface area (Å²) in [5, 5.41) is 16.5. The molecule has 0 saturated carbocycles. The van der Waals surface area contributed by atoms with Crippen LogP contribution in [-0.4, -0.2) is 31.2 Å². The molecule has 0 bridgehead atoms. The molecular formula is C16H16ClN7O. The summed E-state index contributed by atoms with van der Waals surface area (Å²) in [5.41, 5.74) is 5.12. The molecule has 3 rings (SSSR count). The number of hydrogen-bond acceptors (Lipinski definition) is 6. The minimum atomic E-state index is -0.322. The molecule has 2 aromatic heterocycles. The number of aromatic nitrogens is 5. The van der Waals surface area contributed by atoms with E-state index in [1.54, 1.807) is 11.6 Å². The first-order valence-electron chi connectivity index (χ1n) is 7.54. The lowest BCUT2D eigenvalue weighted by Gasteiger charge is -2.03. The molecule has 9 heteroatoms. The predicted molar refractivity (Wildman–Crippen MR) is 96.1 cm³/mol. The van der Waals surface area contributed by atoms with Gasteiger partial charge in [0.2, 0.25) is 5.95 Å². The molecule has 1 aromatic carbocycles. The topological polar surface area (TPSA) is 101 Å². The highest BCUT2D eigenvalue weighted by Crippen LogP contribution is 2.19. The summed E-state index contributed by atoms with van der Waals surface area (Å²) in [5.74, 6) is 0.150. The van der Waals surface area contributed by atoms with Crippen molar-refractivity contribution in [1.29, 1.82) is 0 Å². The zero-order chi connectivity index (χ0) is 17.8. The van der Waals surface area contributed by atoms with E-state index in [9.17, 15) is 4.79 Å². The third kappa shape index (κ3) is 3.92. The predicted octanol–water partition coefficient (Wildman–Crippen LogP) is 2.13. The Labute approximate surface area is 148 Å². The standard InChI is InChI=1S/C16H16ClN7O/c1-10-13(8-18-21-16-19-15(25)11(2)20-22-16)14(17)24(23-10)9-12-6-4-3-5-7-12/h3-8H,9H2,1-2H3,(H2,19,21,22,25)/b18-8-. The van der Waals surface area contributed by atoms with Crippen LogP contribution in [0.25, 0.3) is 0 Å². The normalized spacial score (nSPS) is 11.2. The Morgan fingerprint density at radius 1 is 1.24 bits per heavy atom. The second-order valence-electron chi connectivity index (χ2n) is 5.39. The van der Waals surface area contributed by atoms with Crippen molar-refractivity contribution in [3.63, 3.8) is 0 Å². The summed E-state index contributed by atoms with van der Waals surface area (Å²) in [7, 11) is 0. The van der Waals surface area contributed by atoms with Gasteiger partial charge in [0.1, 0.15) is 10.8 Å². The lowest BCUT2D eigenvalue weighted by atomic mass is 10.2. The van der Waals surface area contributed by atoms with E-state index >= 15 is 0 Å². The number of aromatic amines is 1. The molecule has 0 unspecified atom stereocenters. The molecule has 3 aromatic rings. The van der Waals surface area contributed by atoms with E-state index in [-0.39, 0.29) is 17.2 Å². The highest BCUT2D eigenvalue weighted by Gasteiger charge is 2.12. The molecule has 0 amide bonds. The fraction of sp³-hybridized carbons (Fsp3) is 0.188. The van der Waals surface area contributed by atoms with Crippen molar-refractivity contribution >= 4 is 23.8 Å². The van der Waals surface area contributed by atoms with Crippen LogP contribution < -0.4 is 11.0 Å². The maximum absolute atomic E-state index is 11.5. The van der Waals surface area contributed by atoms with Crippen molar-refractivity contribution < 1.29 is 0 Å². The van der Waals surface area contributed by atoms with Crippen LogP contribution in [0.2, 0.25) is 5.15 Å². The van der Waals surface area contributed by atoms with Gasteiger partial charge in [0.05, 0.1) is 24.0 Å². The Morgan fingerprint density at radius 3 is 2.72 bits per heavy atom. The van der Waals surface area contributed by atoms with Gasteiger partial charge in [0, 0.05) is 0 Å². The van der Waals surface area contributed by atoms with Crippen LogP contribution in [0.4, 0.5) is 5.95 Å². The summed E-state index contributed by atoms with van der Waals surface area (Å²) < 4.78 is 1.71. The van der Waals surface area contributed by atoms with Gasteiger partial charge in [-0.3, -0.25) is 9.78 Å². The van der Waals surface area contributed by atoms with E-state index in [1.165, 1.54) is 6.21 Å². The molecule has 2 N–H and O–H groups in total. The molecule has 128 valence electrons. The van der Waals surface area contributed by atoms with Crippen molar-refractivity contribution in [3.8, 4) is 0 Å². The van der Waals surface area contributed by atoms with Crippen LogP contribution in [0.5, 0.6) is 0 Å². The van der Waals surface area contributed by atoms with E-state index in [2.05, 4.69) is 30.8 Å². The fourth-order valence-corrected chi connectivity index (χ4v) is 2.46. The maximum Gasteiger partial charge on any atom is 0.274 e. The minimum absolute atomic E-state index is 0.150. The lowest BCUT2D eigenvalue weighted by Crippen LogP contribution is -2.15. The summed E-state index contributed by atoms with van der Waals surface area (Å²) >= 11 is 6.40. The number of nitrogens with one attached hydrogen (secondary N) is 2. The summed E-state index contributed by atoms with van der Waals surface area (Å²) in [6, 6.07) is 9.91. The molecule has 0 radical (unpaired) electrons. The van der Waals surface area contributed by atoms with E-state index in [4.69, 9.17) is 11.6 Å². The highest BCUT2D eigenvalue weighted by atomic mass is 35.5. The molecule has 0 aliphatic carbocycles. The first kappa shape index (κ1) is 16.8. The first-order chi connectivity index (χ1) is 12.0. The number of rotatable bonds is 5. The van der Waals surface area contributed by atoms with Crippen molar-refractivity contribution in [1.82, 2.24) is 25.0 Å². The number of H-pyrrole nitrogens is 1. The summed E-state index contributed by atoms with van der Waals surface area (Å²) in [6.45, 7) is 3.99. The average molecular weight is 358 g/mol. The molecule has 8 nitrogen and oxygen atoms in total. The number of hydrazone groups is 1. The van der Waals surface area contributed by atoms with Crippen molar-refractivity contribution in [2.75, 3.05) is 5.43 Å². The van der Waals surface area contributed by atoms with Crippen molar-refractivity contribution in [2.24, 2.45) is 5.10 Å². The number of nitrogens with zero attached hydrogens (tertiary/aromatic N) is 5. The molecule has 0 spiro atoms. The van der Waals surface area contributed by atoms with Gasteiger partial charge in [-0.05, 0) is 19.4 Å². The second-order valence-corrected chi connectivity index (χ2v) is 5.75. The monoisotopic (exact) mass is 357 g/mol. The van der Waals surface area contributed by atoms with Gasteiger partial charge in [0.15, 0.2) is 0 Å². The van der Waals surface area contributed by atoms with Crippen molar-refractivity contribution in [3.05, 3.63) is 68.4 Å². The summed E-state index contributed by atoms with van der Waals surface area (Å²) in [4.78, 5) is 14.0. The smallest absolute Gasteiger partial charge is 0.274 e. The Kier molecular flexibility index (Phi) is 4.90. The van der Waals surface area contributed by atoms with Crippen LogP contribution in [0.3, 0.4) is 0 Å². The molecule has 0 aliphatic rings. The van der Waals surface area contributed by atoms with Crippen LogP contribution in [0, 0.1) is 13.8 Å². The Hall–Kier alpha value is -3.00. The second kappa shape index (κ2) is 7.27. The summed E-state index contributed by atoms with van der Waals surface area (Å²) in [6.07, 6.45) is 1.53. The SMILES string of the molecule is Cc1nn(Cc2ccccc2)c(Cl)c1/C=N\Nc1nnc(C)c(=O)[nH]1. The quantitative estimate of drug-likeness (QED) is 0.538. The zero-order valence-corrected chi connectivity index (χ0v) is 14.4.